The molecule has 0 atom stereocenters. The summed E-state index contributed by atoms with van der Waals surface area (Å²) in [5.74, 6) is 0.0211. The Labute approximate surface area is 205 Å². The van der Waals surface area contributed by atoms with Crippen LogP contribution in [0.3, 0.4) is 0 Å². The SMILES string of the molecule is Cc1cc(C(=O)NC2CCCCC2)ccc1NC(=O)c1ccc(S(=O)(=O)NCc2ccco2)cc1. The Morgan fingerprint density at radius 1 is 0.943 bits per heavy atom. The van der Waals surface area contributed by atoms with Crippen LogP contribution in [0.5, 0.6) is 0 Å². The van der Waals surface area contributed by atoms with Gasteiger partial charge in [0.25, 0.3) is 11.8 Å². The number of amides is 2. The molecular formula is C26H29N3O5S. The Hall–Kier alpha value is -3.43. The fraction of sp³-hybridized carbons (Fsp3) is 0.308. The number of furan rings is 1. The number of rotatable bonds is 8. The van der Waals surface area contributed by atoms with Crippen molar-refractivity contribution in [2.75, 3.05) is 5.32 Å². The zero-order valence-electron chi connectivity index (χ0n) is 19.5. The minimum absolute atomic E-state index is 0.0333. The number of hydrogen-bond acceptors (Lipinski definition) is 5. The van der Waals surface area contributed by atoms with Gasteiger partial charge < -0.3 is 15.1 Å². The second kappa shape index (κ2) is 10.9. The van der Waals surface area contributed by atoms with Crippen molar-refractivity contribution >= 4 is 27.5 Å². The van der Waals surface area contributed by atoms with Crippen LogP contribution in [0.2, 0.25) is 0 Å². The first-order valence-electron chi connectivity index (χ1n) is 11.7. The van der Waals surface area contributed by atoms with Gasteiger partial charge in [0, 0.05) is 22.9 Å². The number of aryl methyl sites for hydroxylation is 1. The fourth-order valence-corrected chi connectivity index (χ4v) is 5.10. The summed E-state index contributed by atoms with van der Waals surface area (Å²) in [7, 11) is -3.75. The summed E-state index contributed by atoms with van der Waals surface area (Å²) in [5, 5.41) is 5.92. The molecule has 2 aromatic carbocycles. The van der Waals surface area contributed by atoms with Crippen molar-refractivity contribution in [2.45, 2.75) is 56.5 Å². The van der Waals surface area contributed by atoms with Gasteiger partial charge in [-0.1, -0.05) is 19.3 Å². The second-order valence-electron chi connectivity index (χ2n) is 8.72. The topological polar surface area (TPSA) is 118 Å². The predicted molar refractivity (Wildman–Crippen MR) is 133 cm³/mol. The van der Waals surface area contributed by atoms with E-state index in [1.807, 2.05) is 6.92 Å². The molecule has 1 fully saturated rings. The van der Waals surface area contributed by atoms with Gasteiger partial charge in [-0.25, -0.2) is 13.1 Å². The molecule has 35 heavy (non-hydrogen) atoms. The molecule has 8 nitrogen and oxygen atoms in total. The summed E-state index contributed by atoms with van der Waals surface area (Å²) in [6.07, 6.45) is 7.00. The van der Waals surface area contributed by atoms with Crippen LogP contribution in [-0.4, -0.2) is 26.3 Å². The Morgan fingerprint density at radius 2 is 1.66 bits per heavy atom. The molecule has 4 rings (SSSR count). The van der Waals surface area contributed by atoms with Crippen LogP contribution in [-0.2, 0) is 16.6 Å². The van der Waals surface area contributed by atoms with E-state index >= 15 is 0 Å². The van der Waals surface area contributed by atoms with E-state index in [1.165, 1.54) is 36.9 Å². The van der Waals surface area contributed by atoms with E-state index in [4.69, 9.17) is 4.42 Å². The number of sulfonamides is 1. The third kappa shape index (κ3) is 6.37. The van der Waals surface area contributed by atoms with Gasteiger partial charge in [-0.05, 0) is 79.9 Å². The number of carbonyl (C=O) groups excluding carboxylic acids is 2. The van der Waals surface area contributed by atoms with Gasteiger partial charge in [-0.3, -0.25) is 9.59 Å². The van der Waals surface area contributed by atoms with Crippen molar-refractivity contribution in [3.63, 3.8) is 0 Å². The average Bonchev–Trinajstić information content (AvgIpc) is 3.38. The Morgan fingerprint density at radius 3 is 2.31 bits per heavy atom. The summed E-state index contributed by atoms with van der Waals surface area (Å²) >= 11 is 0. The van der Waals surface area contributed by atoms with Gasteiger partial charge in [0.15, 0.2) is 0 Å². The van der Waals surface area contributed by atoms with Crippen molar-refractivity contribution < 1.29 is 22.4 Å². The van der Waals surface area contributed by atoms with Crippen molar-refractivity contribution in [1.29, 1.82) is 0 Å². The molecule has 2 amide bonds. The van der Waals surface area contributed by atoms with Crippen molar-refractivity contribution in [3.05, 3.63) is 83.3 Å². The maximum atomic E-state index is 12.7. The molecule has 0 saturated heterocycles. The number of anilines is 1. The maximum Gasteiger partial charge on any atom is 0.255 e. The van der Waals surface area contributed by atoms with Gasteiger partial charge in [0.1, 0.15) is 5.76 Å². The first-order valence-corrected chi connectivity index (χ1v) is 13.1. The van der Waals surface area contributed by atoms with E-state index in [0.29, 0.717) is 22.6 Å². The molecule has 0 spiro atoms. The van der Waals surface area contributed by atoms with Crippen molar-refractivity contribution in [3.8, 4) is 0 Å². The summed E-state index contributed by atoms with van der Waals surface area (Å²) in [5.41, 5.74) is 2.22. The lowest BCUT2D eigenvalue weighted by Crippen LogP contribution is -2.36. The summed E-state index contributed by atoms with van der Waals surface area (Å²) < 4.78 is 32.5. The third-order valence-corrected chi connectivity index (χ3v) is 7.54. The lowest BCUT2D eigenvalue weighted by Gasteiger charge is -2.23. The number of carbonyl (C=O) groups is 2. The highest BCUT2D eigenvalue weighted by atomic mass is 32.2. The van der Waals surface area contributed by atoms with Crippen LogP contribution in [0.25, 0.3) is 0 Å². The second-order valence-corrected chi connectivity index (χ2v) is 10.5. The van der Waals surface area contributed by atoms with Crippen LogP contribution < -0.4 is 15.4 Å². The maximum absolute atomic E-state index is 12.7. The smallest absolute Gasteiger partial charge is 0.255 e. The van der Waals surface area contributed by atoms with Gasteiger partial charge in [-0.15, -0.1) is 0 Å². The monoisotopic (exact) mass is 495 g/mol. The zero-order valence-corrected chi connectivity index (χ0v) is 20.4. The first-order chi connectivity index (χ1) is 16.8. The lowest BCUT2D eigenvalue weighted by molar-refractivity contribution is 0.0927. The van der Waals surface area contributed by atoms with E-state index in [0.717, 1.165) is 31.2 Å². The van der Waals surface area contributed by atoms with Crippen LogP contribution in [0.1, 0.15) is 64.1 Å². The molecule has 1 aromatic heterocycles. The molecule has 1 heterocycles. The highest BCUT2D eigenvalue weighted by molar-refractivity contribution is 7.89. The fourth-order valence-electron chi connectivity index (χ4n) is 4.10. The minimum atomic E-state index is -3.75. The molecule has 1 aliphatic rings. The molecule has 1 aliphatic carbocycles. The van der Waals surface area contributed by atoms with Gasteiger partial charge in [0.05, 0.1) is 17.7 Å². The number of hydrogen-bond donors (Lipinski definition) is 3. The molecule has 3 N–H and O–H groups in total. The molecule has 1 saturated carbocycles. The molecule has 0 bridgehead atoms. The Balaban J connectivity index is 1.37. The van der Waals surface area contributed by atoms with E-state index in [-0.39, 0.29) is 29.3 Å². The number of benzene rings is 2. The summed E-state index contributed by atoms with van der Waals surface area (Å²) in [6.45, 7) is 1.86. The van der Waals surface area contributed by atoms with Crippen LogP contribution in [0.15, 0.2) is 70.2 Å². The largest absolute Gasteiger partial charge is 0.468 e. The van der Waals surface area contributed by atoms with E-state index in [9.17, 15) is 18.0 Å². The van der Waals surface area contributed by atoms with Gasteiger partial charge >= 0.3 is 0 Å². The Kier molecular flexibility index (Phi) is 7.67. The number of nitrogens with one attached hydrogen (secondary N) is 3. The highest BCUT2D eigenvalue weighted by Gasteiger charge is 2.18. The van der Waals surface area contributed by atoms with E-state index in [2.05, 4.69) is 15.4 Å². The third-order valence-electron chi connectivity index (χ3n) is 6.12. The van der Waals surface area contributed by atoms with Crippen LogP contribution in [0.4, 0.5) is 5.69 Å². The van der Waals surface area contributed by atoms with E-state index < -0.39 is 10.0 Å². The minimum Gasteiger partial charge on any atom is -0.468 e. The quantitative estimate of drug-likeness (QED) is 0.429. The van der Waals surface area contributed by atoms with Crippen LogP contribution in [0, 0.1) is 6.92 Å². The molecule has 0 radical (unpaired) electrons. The van der Waals surface area contributed by atoms with Gasteiger partial charge in [-0.2, -0.15) is 0 Å². The average molecular weight is 496 g/mol. The zero-order chi connectivity index (χ0) is 24.8. The van der Waals surface area contributed by atoms with Gasteiger partial charge in [0.2, 0.25) is 10.0 Å². The lowest BCUT2D eigenvalue weighted by atomic mass is 9.95. The van der Waals surface area contributed by atoms with Crippen molar-refractivity contribution in [2.24, 2.45) is 0 Å². The Bertz CT molecular complexity index is 1280. The first kappa shape index (κ1) is 24.7. The highest BCUT2D eigenvalue weighted by Crippen LogP contribution is 2.21. The molecule has 184 valence electrons. The van der Waals surface area contributed by atoms with Crippen LogP contribution >= 0.6 is 0 Å². The van der Waals surface area contributed by atoms with E-state index in [1.54, 1.807) is 30.3 Å². The molecule has 0 aliphatic heterocycles. The molecule has 0 unspecified atom stereocenters. The summed E-state index contributed by atoms with van der Waals surface area (Å²) in [6, 6.07) is 14.4. The summed E-state index contributed by atoms with van der Waals surface area (Å²) in [4.78, 5) is 25.4. The molecular weight excluding hydrogens is 466 g/mol. The molecule has 3 aromatic rings. The predicted octanol–water partition coefficient (Wildman–Crippen LogP) is 4.38. The normalized spacial score (nSPS) is 14.4. The van der Waals surface area contributed by atoms with Crippen molar-refractivity contribution in [1.82, 2.24) is 10.0 Å². The standard InChI is InChI=1S/C26H29N3O5S/c1-18-16-20(26(31)28-21-6-3-2-4-7-21)11-14-24(18)29-25(30)19-9-12-23(13-10-19)35(32,33)27-17-22-8-5-15-34-22/h5,8-16,21,27H,2-4,6-7,17H2,1H3,(H,28,31)(H,29,30). The molecule has 9 heteroatoms.